The molecule has 0 radical (unpaired) electrons. The van der Waals surface area contributed by atoms with E-state index in [9.17, 15) is 9.18 Å². The number of pyridine rings is 1. The Labute approximate surface area is 127 Å². The SMILES string of the molecule is Cc1ccc2cccc(NC(=O)c3ccc(C)c(F)c3)c2n1. The van der Waals surface area contributed by atoms with Crippen molar-refractivity contribution in [2.75, 3.05) is 5.32 Å². The molecule has 2 aromatic carbocycles. The molecule has 0 aliphatic heterocycles. The molecule has 22 heavy (non-hydrogen) atoms. The van der Waals surface area contributed by atoms with Crippen LogP contribution in [-0.2, 0) is 0 Å². The second-order valence-electron chi connectivity index (χ2n) is 5.25. The minimum atomic E-state index is -0.389. The number of hydrogen-bond acceptors (Lipinski definition) is 2. The molecular weight excluding hydrogens is 279 g/mol. The Bertz CT molecular complexity index is 874. The van der Waals surface area contributed by atoms with Gasteiger partial charge >= 0.3 is 0 Å². The molecule has 0 saturated heterocycles. The van der Waals surface area contributed by atoms with Crippen molar-refractivity contribution in [3.05, 3.63) is 71.2 Å². The van der Waals surface area contributed by atoms with E-state index in [0.29, 0.717) is 11.3 Å². The van der Waals surface area contributed by atoms with Crippen molar-refractivity contribution in [3.63, 3.8) is 0 Å². The molecule has 3 rings (SSSR count). The Hall–Kier alpha value is -2.75. The molecule has 3 nitrogen and oxygen atoms in total. The first-order chi connectivity index (χ1) is 10.5. The first-order valence-electron chi connectivity index (χ1n) is 6.98. The van der Waals surface area contributed by atoms with Crippen LogP contribution in [0.15, 0.2) is 48.5 Å². The maximum absolute atomic E-state index is 13.6. The minimum Gasteiger partial charge on any atom is -0.320 e. The summed E-state index contributed by atoms with van der Waals surface area (Å²) in [5.41, 5.74) is 3.01. The fourth-order valence-corrected chi connectivity index (χ4v) is 2.27. The Morgan fingerprint density at radius 2 is 1.91 bits per heavy atom. The van der Waals surface area contributed by atoms with Crippen LogP contribution >= 0.6 is 0 Å². The third-order valence-corrected chi connectivity index (χ3v) is 3.54. The second kappa shape index (κ2) is 5.56. The molecule has 0 saturated carbocycles. The van der Waals surface area contributed by atoms with Gasteiger partial charge in [0.2, 0.25) is 0 Å². The smallest absolute Gasteiger partial charge is 0.255 e. The van der Waals surface area contributed by atoms with Crippen LogP contribution in [0.2, 0.25) is 0 Å². The molecule has 0 unspecified atom stereocenters. The summed E-state index contributed by atoms with van der Waals surface area (Å²) in [5.74, 6) is -0.741. The fourth-order valence-electron chi connectivity index (χ4n) is 2.27. The molecule has 3 aromatic rings. The predicted molar refractivity (Wildman–Crippen MR) is 85.6 cm³/mol. The third-order valence-electron chi connectivity index (χ3n) is 3.54. The number of anilines is 1. The summed E-state index contributed by atoms with van der Waals surface area (Å²) in [6, 6.07) is 13.9. The van der Waals surface area contributed by atoms with Crippen LogP contribution in [0, 0.1) is 19.7 Å². The number of aromatic nitrogens is 1. The summed E-state index contributed by atoms with van der Waals surface area (Å²) in [4.78, 5) is 16.8. The van der Waals surface area contributed by atoms with Crippen LogP contribution in [0.25, 0.3) is 10.9 Å². The summed E-state index contributed by atoms with van der Waals surface area (Å²) in [5, 5.41) is 3.75. The highest BCUT2D eigenvalue weighted by Crippen LogP contribution is 2.22. The van der Waals surface area contributed by atoms with E-state index in [1.807, 2.05) is 31.2 Å². The number of para-hydroxylation sites is 1. The Morgan fingerprint density at radius 3 is 2.68 bits per heavy atom. The number of carbonyl (C=O) groups is 1. The lowest BCUT2D eigenvalue weighted by Crippen LogP contribution is -2.13. The van der Waals surface area contributed by atoms with Gasteiger partial charge in [-0.2, -0.15) is 0 Å². The summed E-state index contributed by atoms with van der Waals surface area (Å²) in [6.07, 6.45) is 0. The van der Waals surface area contributed by atoms with E-state index < -0.39 is 0 Å². The van der Waals surface area contributed by atoms with E-state index in [2.05, 4.69) is 10.3 Å². The first kappa shape index (κ1) is 14.2. The standard InChI is InChI=1S/C18H15FN2O/c1-11-6-8-14(10-15(11)19)18(22)21-16-5-3-4-13-9-7-12(2)20-17(13)16/h3-10H,1-2H3,(H,21,22). The molecule has 0 atom stereocenters. The zero-order valence-electron chi connectivity index (χ0n) is 12.4. The van der Waals surface area contributed by atoms with Crippen LogP contribution < -0.4 is 5.32 Å². The Morgan fingerprint density at radius 1 is 1.09 bits per heavy atom. The Kier molecular flexibility index (Phi) is 3.59. The molecular formula is C18H15FN2O. The zero-order valence-corrected chi connectivity index (χ0v) is 12.4. The van der Waals surface area contributed by atoms with Gasteiger partial charge in [-0.05, 0) is 43.7 Å². The van der Waals surface area contributed by atoms with E-state index in [4.69, 9.17) is 0 Å². The quantitative estimate of drug-likeness (QED) is 0.768. The van der Waals surface area contributed by atoms with E-state index in [1.54, 1.807) is 25.1 Å². The molecule has 0 bridgehead atoms. The molecule has 0 aliphatic rings. The summed E-state index contributed by atoms with van der Waals surface area (Å²) in [7, 11) is 0. The number of fused-ring (bicyclic) bond motifs is 1. The third kappa shape index (κ3) is 2.68. The van der Waals surface area contributed by atoms with Crippen molar-refractivity contribution < 1.29 is 9.18 Å². The van der Waals surface area contributed by atoms with E-state index in [1.165, 1.54) is 6.07 Å². The summed E-state index contributed by atoms with van der Waals surface area (Å²) < 4.78 is 13.6. The number of hydrogen-bond donors (Lipinski definition) is 1. The number of rotatable bonds is 2. The maximum atomic E-state index is 13.6. The van der Waals surface area contributed by atoms with Crippen LogP contribution in [0.3, 0.4) is 0 Å². The molecule has 1 amide bonds. The summed E-state index contributed by atoms with van der Waals surface area (Å²) >= 11 is 0. The van der Waals surface area contributed by atoms with Crippen molar-refractivity contribution in [2.24, 2.45) is 0 Å². The van der Waals surface area contributed by atoms with Gasteiger partial charge in [-0.15, -0.1) is 0 Å². The molecule has 0 aliphatic carbocycles. The van der Waals surface area contributed by atoms with Crippen molar-refractivity contribution in [1.29, 1.82) is 0 Å². The van der Waals surface area contributed by atoms with Crippen LogP contribution in [0.1, 0.15) is 21.6 Å². The van der Waals surface area contributed by atoms with Gasteiger partial charge in [0, 0.05) is 16.6 Å². The van der Waals surface area contributed by atoms with Crippen LogP contribution in [-0.4, -0.2) is 10.9 Å². The first-order valence-corrected chi connectivity index (χ1v) is 6.98. The predicted octanol–water partition coefficient (Wildman–Crippen LogP) is 4.24. The van der Waals surface area contributed by atoms with Crippen molar-refractivity contribution in [2.45, 2.75) is 13.8 Å². The Balaban J connectivity index is 1.97. The lowest BCUT2D eigenvalue weighted by Gasteiger charge is -2.09. The van der Waals surface area contributed by atoms with E-state index in [0.717, 1.165) is 16.6 Å². The van der Waals surface area contributed by atoms with Crippen molar-refractivity contribution in [1.82, 2.24) is 4.98 Å². The van der Waals surface area contributed by atoms with Gasteiger partial charge in [-0.25, -0.2) is 4.39 Å². The normalized spacial score (nSPS) is 10.7. The minimum absolute atomic E-state index is 0.285. The van der Waals surface area contributed by atoms with Gasteiger partial charge in [0.1, 0.15) is 5.82 Å². The van der Waals surface area contributed by atoms with Gasteiger partial charge in [-0.3, -0.25) is 9.78 Å². The highest BCUT2D eigenvalue weighted by molar-refractivity contribution is 6.08. The number of benzene rings is 2. The average Bonchev–Trinajstić information content (AvgIpc) is 2.50. The van der Waals surface area contributed by atoms with Gasteiger partial charge in [0.05, 0.1) is 11.2 Å². The fraction of sp³-hybridized carbons (Fsp3) is 0.111. The molecule has 1 heterocycles. The maximum Gasteiger partial charge on any atom is 0.255 e. The lowest BCUT2D eigenvalue weighted by molar-refractivity contribution is 0.102. The largest absolute Gasteiger partial charge is 0.320 e. The number of halogens is 1. The van der Waals surface area contributed by atoms with Crippen molar-refractivity contribution >= 4 is 22.5 Å². The number of carbonyl (C=O) groups excluding carboxylic acids is 1. The van der Waals surface area contributed by atoms with E-state index in [-0.39, 0.29) is 17.3 Å². The van der Waals surface area contributed by atoms with Gasteiger partial charge in [-0.1, -0.05) is 24.3 Å². The second-order valence-corrected chi connectivity index (χ2v) is 5.25. The van der Waals surface area contributed by atoms with Crippen LogP contribution in [0.5, 0.6) is 0 Å². The number of aryl methyl sites for hydroxylation is 2. The molecule has 1 aromatic heterocycles. The van der Waals surface area contributed by atoms with Gasteiger partial charge in [0.15, 0.2) is 0 Å². The number of amides is 1. The molecule has 0 spiro atoms. The highest BCUT2D eigenvalue weighted by atomic mass is 19.1. The number of nitrogens with zero attached hydrogens (tertiary/aromatic N) is 1. The molecule has 1 N–H and O–H groups in total. The van der Waals surface area contributed by atoms with E-state index >= 15 is 0 Å². The van der Waals surface area contributed by atoms with Crippen molar-refractivity contribution in [3.8, 4) is 0 Å². The lowest BCUT2D eigenvalue weighted by atomic mass is 10.1. The molecule has 110 valence electrons. The van der Waals surface area contributed by atoms with Gasteiger partial charge in [0.25, 0.3) is 5.91 Å². The monoisotopic (exact) mass is 294 g/mol. The average molecular weight is 294 g/mol. The topological polar surface area (TPSA) is 42.0 Å². The summed E-state index contributed by atoms with van der Waals surface area (Å²) in [6.45, 7) is 3.56. The zero-order chi connectivity index (χ0) is 15.7. The highest BCUT2D eigenvalue weighted by Gasteiger charge is 2.11. The molecule has 0 fully saturated rings. The van der Waals surface area contributed by atoms with Crippen LogP contribution in [0.4, 0.5) is 10.1 Å². The van der Waals surface area contributed by atoms with Gasteiger partial charge < -0.3 is 5.32 Å². The molecule has 4 heteroatoms. The number of nitrogens with one attached hydrogen (secondary N) is 1.